The molecule has 15 rings (SSSR count). The van der Waals surface area contributed by atoms with E-state index in [2.05, 4.69) is 202 Å². The standard InChI is InChI=1S/C60H34N6S/c61-34-36-23-27-54-44(30-36)45-31-37(64-50-18-6-1-12-40(50)41-13-2-7-19-51(41)64)25-28-55(45)65(54)38-24-26-47-57(33-38)67-56-22-10-5-16-46(56)60(47)48-17-11-29-62-58(48)59-49(60)32-39(35-63-59)66-52-20-8-3-14-42(52)43-15-4-9-21-53(43)66/h1-33,35H. The van der Waals surface area contributed by atoms with Gasteiger partial charge < -0.3 is 13.7 Å². The number of hydrogen-bond donors (Lipinski definition) is 0. The van der Waals surface area contributed by atoms with E-state index >= 15 is 0 Å². The first kappa shape index (κ1) is 36.6. The van der Waals surface area contributed by atoms with Crippen molar-refractivity contribution in [2.24, 2.45) is 0 Å². The summed E-state index contributed by atoms with van der Waals surface area (Å²) in [6.07, 6.45) is 3.92. The Hall–Kier alpha value is -8.70. The Labute approximate surface area is 388 Å². The van der Waals surface area contributed by atoms with Crippen LogP contribution >= 0.6 is 11.8 Å². The summed E-state index contributed by atoms with van der Waals surface area (Å²) in [7, 11) is 0. The quantitative estimate of drug-likeness (QED) is 0.177. The van der Waals surface area contributed by atoms with Crippen LogP contribution in [0.5, 0.6) is 0 Å². The molecule has 0 fully saturated rings. The number of nitrogens with zero attached hydrogens (tertiary/aromatic N) is 6. The van der Waals surface area contributed by atoms with E-state index in [-0.39, 0.29) is 0 Å². The zero-order valence-corrected chi connectivity index (χ0v) is 36.5. The maximum absolute atomic E-state index is 10.2. The fourth-order valence-electron chi connectivity index (χ4n) is 11.7. The SMILES string of the molecule is N#Cc1ccc2c(c1)c1cc(-n3c4ccccc4c4ccccc43)ccc1n2-c1ccc2c(c1)Sc1ccccc1C21c2cccnc2-c2ncc(-n3c4ccccc4c4ccccc43)cc21. The highest BCUT2D eigenvalue weighted by molar-refractivity contribution is 7.99. The fraction of sp³-hybridized carbons (Fsp3) is 0.0167. The topological polar surface area (TPSA) is 64.4 Å². The van der Waals surface area contributed by atoms with Gasteiger partial charge in [-0.25, -0.2) is 0 Å². The third-order valence-electron chi connectivity index (χ3n) is 14.4. The molecule has 1 atom stereocenters. The fourth-order valence-corrected chi connectivity index (χ4v) is 13.0. The summed E-state index contributed by atoms with van der Waals surface area (Å²) < 4.78 is 7.10. The van der Waals surface area contributed by atoms with Gasteiger partial charge in [0.25, 0.3) is 0 Å². The molecule has 0 radical (unpaired) electrons. The highest BCUT2D eigenvalue weighted by Gasteiger charge is 2.52. The molecular formula is C60H34N6S. The summed E-state index contributed by atoms with van der Waals surface area (Å²) in [6.45, 7) is 0. The molecule has 0 saturated heterocycles. The zero-order valence-electron chi connectivity index (χ0n) is 35.7. The Morgan fingerprint density at radius 2 is 0.896 bits per heavy atom. The molecule has 1 unspecified atom stereocenters. The van der Waals surface area contributed by atoms with Gasteiger partial charge in [0, 0.05) is 65.2 Å². The molecule has 0 N–H and O–H groups in total. The van der Waals surface area contributed by atoms with Crippen LogP contribution < -0.4 is 0 Å². The molecule has 1 spiro atoms. The van der Waals surface area contributed by atoms with E-state index < -0.39 is 5.41 Å². The lowest BCUT2D eigenvalue weighted by molar-refractivity contribution is 0.718. The van der Waals surface area contributed by atoms with Crippen LogP contribution in [-0.4, -0.2) is 23.7 Å². The lowest BCUT2D eigenvalue weighted by Gasteiger charge is -2.39. The van der Waals surface area contributed by atoms with Crippen molar-refractivity contribution in [2.75, 3.05) is 0 Å². The van der Waals surface area contributed by atoms with Gasteiger partial charge in [-0.2, -0.15) is 5.26 Å². The Morgan fingerprint density at radius 3 is 1.57 bits per heavy atom. The molecule has 6 heterocycles. The second-order valence-corrected chi connectivity index (χ2v) is 18.7. The minimum Gasteiger partial charge on any atom is -0.309 e. The van der Waals surface area contributed by atoms with Crippen LogP contribution in [0.2, 0.25) is 0 Å². The monoisotopic (exact) mass is 870 g/mol. The molecule has 0 saturated carbocycles. The molecule has 5 aromatic heterocycles. The van der Waals surface area contributed by atoms with Crippen LogP contribution in [0.25, 0.3) is 93.9 Å². The Balaban J connectivity index is 0.971. The molecule has 7 heteroatoms. The summed E-state index contributed by atoms with van der Waals surface area (Å²) in [6, 6.07) is 72.4. The van der Waals surface area contributed by atoms with Gasteiger partial charge in [-0.3, -0.25) is 9.97 Å². The molecule has 2 aliphatic rings. The van der Waals surface area contributed by atoms with Crippen molar-refractivity contribution in [3.63, 3.8) is 0 Å². The molecule has 6 nitrogen and oxygen atoms in total. The number of para-hydroxylation sites is 4. The van der Waals surface area contributed by atoms with Gasteiger partial charge in [0.05, 0.1) is 73.4 Å². The third-order valence-corrected chi connectivity index (χ3v) is 15.5. The van der Waals surface area contributed by atoms with Crippen molar-refractivity contribution >= 4 is 77.2 Å². The second-order valence-electron chi connectivity index (χ2n) is 17.6. The number of aromatic nitrogens is 5. The van der Waals surface area contributed by atoms with E-state index in [1.807, 2.05) is 36.3 Å². The van der Waals surface area contributed by atoms with Gasteiger partial charge in [-0.05, 0) is 108 Å². The van der Waals surface area contributed by atoms with Gasteiger partial charge in [-0.15, -0.1) is 0 Å². The Kier molecular flexibility index (Phi) is 7.34. The maximum Gasteiger partial charge on any atom is 0.0991 e. The average molecular weight is 871 g/mol. The largest absolute Gasteiger partial charge is 0.309 e. The van der Waals surface area contributed by atoms with Crippen molar-refractivity contribution in [1.29, 1.82) is 5.26 Å². The second kappa shape index (κ2) is 13.4. The minimum absolute atomic E-state index is 0.634. The van der Waals surface area contributed by atoms with Crippen LogP contribution in [0.3, 0.4) is 0 Å². The summed E-state index contributed by atoms with van der Waals surface area (Å²) in [5.74, 6) is 0. The lowest BCUT2D eigenvalue weighted by atomic mass is 9.67. The molecule has 8 aromatic carbocycles. The molecule has 13 aromatic rings. The van der Waals surface area contributed by atoms with E-state index in [1.165, 1.54) is 42.5 Å². The van der Waals surface area contributed by atoms with Crippen LogP contribution in [0.15, 0.2) is 216 Å². The van der Waals surface area contributed by atoms with E-state index in [0.29, 0.717) is 5.56 Å². The minimum atomic E-state index is -0.684. The average Bonchev–Trinajstić information content (AvgIpc) is 4.10. The van der Waals surface area contributed by atoms with Crippen LogP contribution in [0.4, 0.5) is 0 Å². The molecule has 1 aliphatic carbocycles. The third kappa shape index (κ3) is 4.79. The number of nitriles is 1. The normalized spacial score (nSPS) is 14.9. The number of hydrogen-bond acceptors (Lipinski definition) is 4. The smallest absolute Gasteiger partial charge is 0.0991 e. The zero-order chi connectivity index (χ0) is 44.0. The Bertz CT molecular complexity index is 4250. The highest BCUT2D eigenvalue weighted by atomic mass is 32.2. The summed E-state index contributed by atoms with van der Waals surface area (Å²) in [5, 5.41) is 17.2. The number of rotatable bonds is 3. The first-order chi connectivity index (χ1) is 33.2. The van der Waals surface area contributed by atoms with Crippen molar-refractivity contribution < 1.29 is 0 Å². The summed E-state index contributed by atoms with van der Waals surface area (Å²) in [4.78, 5) is 12.8. The van der Waals surface area contributed by atoms with Gasteiger partial charge in [0.15, 0.2) is 0 Å². The number of pyridine rings is 2. The van der Waals surface area contributed by atoms with Crippen LogP contribution in [-0.2, 0) is 5.41 Å². The van der Waals surface area contributed by atoms with Crippen LogP contribution in [0.1, 0.15) is 27.8 Å². The summed E-state index contributed by atoms with van der Waals surface area (Å²) in [5.41, 5.74) is 16.3. The molecule has 67 heavy (non-hydrogen) atoms. The molecule has 0 bridgehead atoms. The number of benzene rings is 8. The molecule has 1 aliphatic heterocycles. The van der Waals surface area contributed by atoms with E-state index in [1.54, 1.807) is 0 Å². The van der Waals surface area contributed by atoms with E-state index in [4.69, 9.17) is 9.97 Å². The van der Waals surface area contributed by atoms with Crippen molar-refractivity contribution in [3.8, 4) is 34.5 Å². The van der Waals surface area contributed by atoms with E-state index in [0.717, 1.165) is 83.4 Å². The molecule has 0 amide bonds. The van der Waals surface area contributed by atoms with Gasteiger partial charge in [-0.1, -0.05) is 115 Å². The predicted molar refractivity (Wildman–Crippen MR) is 271 cm³/mol. The van der Waals surface area contributed by atoms with Gasteiger partial charge in [0.1, 0.15) is 0 Å². The van der Waals surface area contributed by atoms with Gasteiger partial charge in [0.2, 0.25) is 0 Å². The van der Waals surface area contributed by atoms with Crippen molar-refractivity contribution in [1.82, 2.24) is 23.7 Å². The first-order valence-corrected chi connectivity index (χ1v) is 23.3. The maximum atomic E-state index is 10.2. The summed E-state index contributed by atoms with van der Waals surface area (Å²) >= 11 is 1.82. The van der Waals surface area contributed by atoms with Crippen molar-refractivity contribution in [2.45, 2.75) is 15.2 Å². The van der Waals surface area contributed by atoms with Gasteiger partial charge >= 0.3 is 0 Å². The Morgan fingerprint density at radius 1 is 0.388 bits per heavy atom. The van der Waals surface area contributed by atoms with E-state index in [9.17, 15) is 5.26 Å². The van der Waals surface area contributed by atoms with Crippen molar-refractivity contribution in [3.05, 3.63) is 234 Å². The highest BCUT2D eigenvalue weighted by Crippen LogP contribution is 2.62. The molecule has 310 valence electrons. The molecular weight excluding hydrogens is 837 g/mol. The van der Waals surface area contributed by atoms with Crippen LogP contribution in [0, 0.1) is 11.3 Å². The first-order valence-electron chi connectivity index (χ1n) is 22.5. The lowest BCUT2D eigenvalue weighted by Crippen LogP contribution is -2.32. The number of fused-ring (bicyclic) bond motifs is 18. The predicted octanol–water partition coefficient (Wildman–Crippen LogP) is 14.5.